The summed E-state index contributed by atoms with van der Waals surface area (Å²) in [5.41, 5.74) is 4.49. The molecular formula is C26H24F2N4O2. The summed E-state index contributed by atoms with van der Waals surface area (Å²) in [4.78, 5) is 21.1. The molecule has 2 heterocycles. The maximum absolute atomic E-state index is 14.0. The Labute approximate surface area is 195 Å². The van der Waals surface area contributed by atoms with E-state index in [1.807, 2.05) is 37.2 Å². The van der Waals surface area contributed by atoms with E-state index in [0.717, 1.165) is 35.4 Å². The summed E-state index contributed by atoms with van der Waals surface area (Å²) in [6, 6.07) is 16.3. The third-order valence-electron chi connectivity index (χ3n) is 6.09. The molecule has 1 atom stereocenters. The number of nitrogens with one attached hydrogen (secondary N) is 1. The van der Waals surface area contributed by atoms with Crippen molar-refractivity contribution in [3.63, 3.8) is 0 Å². The second-order valence-corrected chi connectivity index (χ2v) is 8.58. The lowest BCUT2D eigenvalue weighted by Crippen LogP contribution is -2.34. The Bertz CT molecular complexity index is 1350. The van der Waals surface area contributed by atoms with Crippen molar-refractivity contribution in [3.05, 3.63) is 78.2 Å². The van der Waals surface area contributed by atoms with Gasteiger partial charge in [0.1, 0.15) is 23.2 Å². The van der Waals surface area contributed by atoms with Crippen LogP contribution in [0.15, 0.2) is 65.1 Å². The number of hydrogen-bond acceptors (Lipinski definition) is 4. The maximum Gasteiger partial charge on any atom is 0.322 e. The number of amides is 2. The molecule has 4 aromatic rings. The fourth-order valence-corrected chi connectivity index (χ4v) is 4.26. The van der Waals surface area contributed by atoms with Crippen LogP contribution in [0.2, 0.25) is 0 Å². The van der Waals surface area contributed by atoms with Crippen molar-refractivity contribution in [1.29, 1.82) is 0 Å². The van der Waals surface area contributed by atoms with Gasteiger partial charge in [-0.3, -0.25) is 0 Å². The Balaban J connectivity index is 1.38. The van der Waals surface area contributed by atoms with Gasteiger partial charge in [-0.15, -0.1) is 0 Å². The van der Waals surface area contributed by atoms with Gasteiger partial charge in [0.25, 0.3) is 0 Å². The number of carbonyl (C=O) groups is 1. The number of hydrogen-bond donors (Lipinski definition) is 1. The van der Waals surface area contributed by atoms with E-state index in [1.54, 1.807) is 4.90 Å². The van der Waals surface area contributed by atoms with Crippen molar-refractivity contribution in [2.75, 3.05) is 30.9 Å². The first-order valence-electron chi connectivity index (χ1n) is 11.1. The first kappa shape index (κ1) is 21.9. The number of halogens is 2. The van der Waals surface area contributed by atoms with Crippen LogP contribution < -0.4 is 10.2 Å². The van der Waals surface area contributed by atoms with E-state index in [0.29, 0.717) is 30.0 Å². The van der Waals surface area contributed by atoms with Crippen LogP contribution in [0.1, 0.15) is 24.8 Å². The van der Waals surface area contributed by atoms with Crippen molar-refractivity contribution in [2.24, 2.45) is 0 Å². The zero-order valence-corrected chi connectivity index (χ0v) is 18.9. The summed E-state index contributed by atoms with van der Waals surface area (Å²) in [5.74, 6) is -1.08. The van der Waals surface area contributed by atoms with Crippen LogP contribution >= 0.6 is 0 Å². The van der Waals surface area contributed by atoms with Gasteiger partial charge in [0.2, 0.25) is 5.89 Å². The molecule has 0 aliphatic carbocycles. The second-order valence-electron chi connectivity index (χ2n) is 8.58. The number of urea groups is 1. The van der Waals surface area contributed by atoms with Crippen LogP contribution in [0.4, 0.5) is 25.0 Å². The summed E-state index contributed by atoms with van der Waals surface area (Å²) in [6.45, 7) is 0.488. The molecule has 34 heavy (non-hydrogen) atoms. The number of nitrogens with zero attached hydrogens (tertiary/aromatic N) is 3. The monoisotopic (exact) mass is 462 g/mol. The van der Waals surface area contributed by atoms with Crippen LogP contribution in [-0.2, 0) is 0 Å². The number of likely N-dealkylation sites (tertiary alicyclic amines) is 1. The largest absolute Gasteiger partial charge is 0.438 e. The Morgan fingerprint density at radius 2 is 1.82 bits per heavy atom. The number of oxazole rings is 1. The molecule has 1 unspecified atom stereocenters. The average molecular weight is 463 g/mol. The highest BCUT2D eigenvalue weighted by Gasteiger charge is 2.34. The zero-order valence-electron chi connectivity index (χ0n) is 18.9. The van der Waals surface area contributed by atoms with E-state index >= 15 is 0 Å². The molecular weight excluding hydrogens is 438 g/mol. The highest BCUT2D eigenvalue weighted by atomic mass is 19.1. The van der Waals surface area contributed by atoms with E-state index in [9.17, 15) is 13.6 Å². The third kappa shape index (κ3) is 4.19. The fourth-order valence-electron chi connectivity index (χ4n) is 4.26. The topological polar surface area (TPSA) is 61.6 Å². The summed E-state index contributed by atoms with van der Waals surface area (Å²) in [7, 11) is 4.00. The zero-order chi connectivity index (χ0) is 23.8. The van der Waals surface area contributed by atoms with Crippen molar-refractivity contribution in [2.45, 2.75) is 18.9 Å². The minimum atomic E-state index is -0.822. The summed E-state index contributed by atoms with van der Waals surface area (Å²) >= 11 is 0. The molecule has 6 nitrogen and oxygen atoms in total. The van der Waals surface area contributed by atoms with Gasteiger partial charge in [0, 0.05) is 32.4 Å². The van der Waals surface area contributed by atoms with Gasteiger partial charge >= 0.3 is 6.03 Å². The summed E-state index contributed by atoms with van der Waals surface area (Å²) in [6.07, 6.45) is 1.46. The highest BCUT2D eigenvalue weighted by molar-refractivity contribution is 5.90. The van der Waals surface area contributed by atoms with Gasteiger partial charge in [-0.05, 0) is 60.4 Å². The van der Waals surface area contributed by atoms with E-state index in [-0.39, 0.29) is 11.7 Å². The molecule has 1 aromatic heterocycles. The number of anilines is 2. The number of fused-ring (bicyclic) bond motifs is 1. The Morgan fingerprint density at radius 1 is 1.06 bits per heavy atom. The van der Waals surface area contributed by atoms with Crippen LogP contribution in [0.5, 0.6) is 0 Å². The molecule has 1 aliphatic rings. The van der Waals surface area contributed by atoms with E-state index < -0.39 is 17.7 Å². The fraction of sp³-hybridized carbons (Fsp3) is 0.231. The van der Waals surface area contributed by atoms with Gasteiger partial charge in [0.05, 0.1) is 5.69 Å². The molecule has 1 fully saturated rings. The van der Waals surface area contributed by atoms with E-state index in [4.69, 9.17) is 4.42 Å². The van der Waals surface area contributed by atoms with Crippen LogP contribution in [0.3, 0.4) is 0 Å². The molecule has 0 bridgehead atoms. The number of aromatic nitrogens is 1. The first-order chi connectivity index (χ1) is 16.4. The van der Waals surface area contributed by atoms with Crippen LogP contribution in [0.25, 0.3) is 22.2 Å². The van der Waals surface area contributed by atoms with Crippen molar-refractivity contribution in [3.8, 4) is 11.1 Å². The first-order valence-corrected chi connectivity index (χ1v) is 11.1. The van der Waals surface area contributed by atoms with E-state index in [1.165, 1.54) is 6.07 Å². The van der Waals surface area contributed by atoms with E-state index in [2.05, 4.69) is 34.6 Å². The predicted octanol–water partition coefficient (Wildman–Crippen LogP) is 6.21. The molecule has 8 heteroatoms. The Kier molecular flexibility index (Phi) is 5.65. The van der Waals surface area contributed by atoms with Crippen molar-refractivity contribution >= 4 is 28.5 Å². The van der Waals surface area contributed by atoms with Gasteiger partial charge in [-0.25, -0.2) is 18.6 Å². The van der Waals surface area contributed by atoms with Crippen molar-refractivity contribution < 1.29 is 18.0 Å². The Hall–Kier alpha value is -3.94. The standard InChI is InChI=1S/C26H24F2N4O2/c1-31(2)19-9-5-16(6-10-19)17-7-12-24-22(14-17)29-25(34-24)23-4-3-13-32(23)26(33)30-21-11-8-18(27)15-20(21)28/h5-12,14-15,23H,3-4,13H2,1-2H3,(H,30,33). The number of benzene rings is 3. The quantitative estimate of drug-likeness (QED) is 0.392. The smallest absolute Gasteiger partial charge is 0.322 e. The number of rotatable bonds is 4. The van der Waals surface area contributed by atoms with Crippen LogP contribution in [-0.4, -0.2) is 36.6 Å². The maximum atomic E-state index is 14.0. The van der Waals surface area contributed by atoms with Gasteiger partial charge in [0.15, 0.2) is 5.58 Å². The molecule has 3 aromatic carbocycles. The normalized spacial score (nSPS) is 15.6. The highest BCUT2D eigenvalue weighted by Crippen LogP contribution is 2.35. The lowest BCUT2D eigenvalue weighted by Gasteiger charge is -2.22. The molecule has 0 spiro atoms. The lowest BCUT2D eigenvalue weighted by molar-refractivity contribution is 0.198. The molecule has 2 amide bonds. The molecule has 5 rings (SSSR count). The second kappa shape index (κ2) is 8.78. The third-order valence-corrected chi connectivity index (χ3v) is 6.09. The molecule has 1 saturated heterocycles. The van der Waals surface area contributed by atoms with Crippen molar-refractivity contribution in [1.82, 2.24) is 9.88 Å². The molecule has 1 N–H and O–H groups in total. The molecule has 174 valence electrons. The van der Waals surface area contributed by atoms with Crippen LogP contribution in [0, 0.1) is 11.6 Å². The average Bonchev–Trinajstić information content (AvgIpc) is 3.47. The SMILES string of the molecule is CN(C)c1ccc(-c2ccc3oc(C4CCCN4C(=O)Nc4ccc(F)cc4F)nc3c2)cc1. The minimum Gasteiger partial charge on any atom is -0.438 e. The summed E-state index contributed by atoms with van der Waals surface area (Å²) < 4.78 is 33.2. The molecule has 1 aliphatic heterocycles. The lowest BCUT2D eigenvalue weighted by atomic mass is 10.0. The van der Waals surface area contributed by atoms with Gasteiger partial charge in [-0.1, -0.05) is 18.2 Å². The van der Waals surface area contributed by atoms with Gasteiger partial charge in [-0.2, -0.15) is 0 Å². The number of carbonyl (C=O) groups excluding carboxylic acids is 1. The minimum absolute atomic E-state index is 0.0699. The predicted molar refractivity (Wildman–Crippen MR) is 128 cm³/mol. The molecule has 0 radical (unpaired) electrons. The summed E-state index contributed by atoms with van der Waals surface area (Å²) in [5, 5.41) is 2.53. The Morgan fingerprint density at radius 3 is 2.56 bits per heavy atom. The molecule has 0 saturated carbocycles. The van der Waals surface area contributed by atoms with Gasteiger partial charge < -0.3 is 19.5 Å².